The second-order valence-corrected chi connectivity index (χ2v) is 6.89. The van der Waals surface area contributed by atoms with Crippen molar-refractivity contribution in [2.24, 2.45) is 5.41 Å². The Labute approximate surface area is 145 Å². The predicted octanol–water partition coefficient (Wildman–Crippen LogP) is 2.29. The number of rotatable bonds is 6. The highest BCUT2D eigenvalue weighted by Gasteiger charge is 2.41. The Bertz CT molecular complexity index is 551. The third-order valence-electron chi connectivity index (χ3n) is 4.93. The van der Waals surface area contributed by atoms with E-state index in [2.05, 4.69) is 17.4 Å². The summed E-state index contributed by atoms with van der Waals surface area (Å²) in [4.78, 5) is 14.9. The van der Waals surface area contributed by atoms with Gasteiger partial charge in [0.1, 0.15) is 5.75 Å². The Morgan fingerprint density at radius 1 is 1.21 bits per heavy atom. The standard InChI is InChI=1S/C19H30N2O3/c1-14-10-16(11-15(2)17(14)24-5)12-21(3)18(22)19(13-23-4)6-8-20-9-7-19/h10-11,20H,6-9,12-13H2,1-5H3. The Hall–Kier alpha value is -1.59. The van der Waals surface area contributed by atoms with E-state index in [0.29, 0.717) is 13.2 Å². The molecule has 1 fully saturated rings. The molecule has 5 nitrogen and oxygen atoms in total. The maximum Gasteiger partial charge on any atom is 0.231 e. The minimum absolute atomic E-state index is 0.178. The summed E-state index contributed by atoms with van der Waals surface area (Å²) in [6.45, 7) is 6.89. The third kappa shape index (κ3) is 3.90. The number of carbonyl (C=O) groups is 1. The Morgan fingerprint density at radius 3 is 2.29 bits per heavy atom. The van der Waals surface area contributed by atoms with Gasteiger partial charge in [0.2, 0.25) is 5.91 Å². The molecule has 1 aromatic carbocycles. The maximum absolute atomic E-state index is 13.1. The van der Waals surface area contributed by atoms with Gasteiger partial charge in [-0.1, -0.05) is 12.1 Å². The lowest BCUT2D eigenvalue weighted by molar-refractivity contribution is -0.146. The molecule has 2 rings (SSSR count). The van der Waals surface area contributed by atoms with Crippen LogP contribution in [0.5, 0.6) is 5.75 Å². The van der Waals surface area contributed by atoms with Crippen LogP contribution in [-0.4, -0.2) is 51.8 Å². The fourth-order valence-corrected chi connectivity index (χ4v) is 3.81. The Morgan fingerprint density at radius 2 is 1.79 bits per heavy atom. The van der Waals surface area contributed by atoms with Crippen LogP contribution < -0.4 is 10.1 Å². The van der Waals surface area contributed by atoms with Gasteiger partial charge in [0, 0.05) is 20.7 Å². The summed E-state index contributed by atoms with van der Waals surface area (Å²) >= 11 is 0. The highest BCUT2D eigenvalue weighted by Crippen LogP contribution is 2.32. The minimum atomic E-state index is -0.398. The van der Waals surface area contributed by atoms with E-state index in [1.807, 2.05) is 25.8 Å². The molecule has 0 spiro atoms. The number of nitrogens with zero attached hydrogens (tertiary/aromatic N) is 1. The molecular formula is C19H30N2O3. The van der Waals surface area contributed by atoms with E-state index >= 15 is 0 Å². The number of piperidine rings is 1. The van der Waals surface area contributed by atoms with Crippen molar-refractivity contribution in [1.82, 2.24) is 10.2 Å². The summed E-state index contributed by atoms with van der Waals surface area (Å²) < 4.78 is 10.8. The molecule has 0 bridgehead atoms. The van der Waals surface area contributed by atoms with Crippen molar-refractivity contribution in [3.05, 3.63) is 28.8 Å². The summed E-state index contributed by atoms with van der Waals surface area (Å²) in [5.74, 6) is 1.10. The molecule has 1 aromatic rings. The average molecular weight is 334 g/mol. The highest BCUT2D eigenvalue weighted by atomic mass is 16.5. The molecule has 0 unspecified atom stereocenters. The van der Waals surface area contributed by atoms with Crippen LogP contribution in [0.4, 0.5) is 0 Å². The zero-order valence-electron chi connectivity index (χ0n) is 15.6. The molecule has 134 valence electrons. The minimum Gasteiger partial charge on any atom is -0.496 e. The Kier molecular flexibility index (Phi) is 6.24. The zero-order valence-corrected chi connectivity index (χ0v) is 15.6. The van der Waals surface area contributed by atoms with E-state index < -0.39 is 5.41 Å². The van der Waals surface area contributed by atoms with Crippen molar-refractivity contribution >= 4 is 5.91 Å². The number of hydrogen-bond donors (Lipinski definition) is 1. The van der Waals surface area contributed by atoms with Crippen LogP contribution in [-0.2, 0) is 16.1 Å². The van der Waals surface area contributed by atoms with Crippen molar-refractivity contribution in [3.8, 4) is 5.75 Å². The molecule has 1 heterocycles. The van der Waals surface area contributed by atoms with Crippen LogP contribution in [0, 0.1) is 19.3 Å². The first-order valence-corrected chi connectivity index (χ1v) is 8.53. The van der Waals surface area contributed by atoms with Crippen molar-refractivity contribution in [1.29, 1.82) is 0 Å². The summed E-state index contributed by atoms with van der Waals surface area (Å²) in [6, 6.07) is 4.20. The third-order valence-corrected chi connectivity index (χ3v) is 4.93. The van der Waals surface area contributed by atoms with Gasteiger partial charge in [0.15, 0.2) is 0 Å². The Balaban J connectivity index is 2.16. The lowest BCUT2D eigenvalue weighted by Gasteiger charge is -2.38. The van der Waals surface area contributed by atoms with E-state index in [-0.39, 0.29) is 5.91 Å². The number of nitrogens with one attached hydrogen (secondary N) is 1. The topological polar surface area (TPSA) is 50.8 Å². The SMILES string of the molecule is COCC1(C(=O)N(C)Cc2cc(C)c(OC)c(C)c2)CCNCC1. The average Bonchev–Trinajstić information content (AvgIpc) is 2.55. The number of ether oxygens (including phenoxy) is 2. The number of methoxy groups -OCH3 is 2. The molecule has 1 saturated heterocycles. The molecule has 1 amide bonds. The first-order valence-electron chi connectivity index (χ1n) is 8.53. The lowest BCUT2D eigenvalue weighted by Crippen LogP contribution is -2.50. The van der Waals surface area contributed by atoms with E-state index in [0.717, 1.165) is 48.4 Å². The lowest BCUT2D eigenvalue weighted by atomic mass is 9.78. The number of carbonyl (C=O) groups excluding carboxylic acids is 1. The van der Waals surface area contributed by atoms with Crippen LogP contribution in [0.25, 0.3) is 0 Å². The summed E-state index contributed by atoms with van der Waals surface area (Å²) in [7, 11) is 5.25. The summed E-state index contributed by atoms with van der Waals surface area (Å²) in [5.41, 5.74) is 2.93. The smallest absolute Gasteiger partial charge is 0.231 e. The molecule has 1 aliphatic heterocycles. The summed E-state index contributed by atoms with van der Waals surface area (Å²) in [5, 5.41) is 3.33. The second-order valence-electron chi connectivity index (χ2n) is 6.89. The van der Waals surface area contributed by atoms with E-state index in [1.165, 1.54) is 0 Å². The molecule has 24 heavy (non-hydrogen) atoms. The van der Waals surface area contributed by atoms with Crippen molar-refractivity contribution < 1.29 is 14.3 Å². The molecule has 0 radical (unpaired) electrons. The van der Waals surface area contributed by atoms with Gasteiger partial charge in [-0.25, -0.2) is 0 Å². The number of amides is 1. The molecule has 5 heteroatoms. The molecule has 1 aliphatic rings. The monoisotopic (exact) mass is 334 g/mol. The van der Waals surface area contributed by atoms with Crippen LogP contribution in [0.15, 0.2) is 12.1 Å². The molecule has 0 aromatic heterocycles. The highest BCUT2D eigenvalue weighted by molar-refractivity contribution is 5.83. The van der Waals surface area contributed by atoms with E-state index in [4.69, 9.17) is 9.47 Å². The number of hydrogen-bond acceptors (Lipinski definition) is 4. The summed E-state index contributed by atoms with van der Waals surface area (Å²) in [6.07, 6.45) is 1.65. The zero-order chi connectivity index (χ0) is 17.7. The van der Waals surface area contributed by atoms with Crippen molar-refractivity contribution in [3.63, 3.8) is 0 Å². The number of benzene rings is 1. The fourth-order valence-electron chi connectivity index (χ4n) is 3.81. The van der Waals surface area contributed by atoms with Crippen LogP contribution >= 0.6 is 0 Å². The number of aryl methyl sites for hydroxylation is 2. The molecule has 1 N–H and O–H groups in total. The van der Waals surface area contributed by atoms with Crippen molar-refractivity contribution in [2.75, 3.05) is 41.0 Å². The molecular weight excluding hydrogens is 304 g/mol. The van der Waals surface area contributed by atoms with Crippen LogP contribution in [0.2, 0.25) is 0 Å². The molecule has 0 saturated carbocycles. The maximum atomic E-state index is 13.1. The largest absolute Gasteiger partial charge is 0.496 e. The van der Waals surface area contributed by atoms with Crippen LogP contribution in [0.1, 0.15) is 29.5 Å². The van der Waals surface area contributed by atoms with Crippen LogP contribution in [0.3, 0.4) is 0 Å². The molecule has 0 atom stereocenters. The fraction of sp³-hybridized carbons (Fsp3) is 0.632. The normalized spacial score (nSPS) is 16.7. The molecule has 0 aliphatic carbocycles. The van der Waals surface area contributed by atoms with Gasteiger partial charge in [-0.05, 0) is 56.5 Å². The van der Waals surface area contributed by atoms with Gasteiger partial charge in [-0.3, -0.25) is 4.79 Å². The second kappa shape index (κ2) is 7.99. The van der Waals surface area contributed by atoms with Gasteiger partial charge >= 0.3 is 0 Å². The first-order chi connectivity index (χ1) is 11.4. The van der Waals surface area contributed by atoms with Gasteiger partial charge in [0.25, 0.3) is 0 Å². The van der Waals surface area contributed by atoms with Gasteiger partial charge in [0.05, 0.1) is 19.1 Å². The first kappa shape index (κ1) is 18.7. The van der Waals surface area contributed by atoms with Gasteiger partial charge in [-0.15, -0.1) is 0 Å². The van der Waals surface area contributed by atoms with Crippen molar-refractivity contribution in [2.45, 2.75) is 33.2 Å². The van der Waals surface area contributed by atoms with E-state index in [1.54, 1.807) is 14.2 Å². The van der Waals surface area contributed by atoms with Gasteiger partial charge < -0.3 is 19.7 Å². The quantitative estimate of drug-likeness (QED) is 0.867. The predicted molar refractivity (Wildman–Crippen MR) is 95.4 cm³/mol. The van der Waals surface area contributed by atoms with Gasteiger partial charge in [-0.2, -0.15) is 0 Å². The van der Waals surface area contributed by atoms with E-state index in [9.17, 15) is 4.79 Å².